The van der Waals surface area contributed by atoms with Crippen LogP contribution in [0, 0.1) is 0 Å². The minimum absolute atomic E-state index is 0. The summed E-state index contributed by atoms with van der Waals surface area (Å²) in [4.78, 5) is -0.305. The van der Waals surface area contributed by atoms with Crippen molar-refractivity contribution in [3.8, 4) is 5.75 Å². The topological polar surface area (TPSA) is 315 Å². The first-order valence-corrected chi connectivity index (χ1v) is 19.7. The van der Waals surface area contributed by atoms with Crippen molar-refractivity contribution in [2.45, 2.75) is 14.7 Å². The molecule has 4 aromatic rings. The predicted molar refractivity (Wildman–Crippen MR) is 174 cm³/mol. The molecule has 21 nitrogen and oxygen atoms in total. The van der Waals surface area contributed by atoms with Crippen molar-refractivity contribution >= 4 is 94.3 Å². The number of hydrogen-bond acceptors (Lipinski definition) is 23. The molecule has 0 fully saturated rings. The van der Waals surface area contributed by atoms with Gasteiger partial charge in [0.15, 0.2) is 48.8 Å². The van der Waals surface area contributed by atoms with Crippen LogP contribution >= 0.6 is 24.4 Å². The van der Waals surface area contributed by atoms with Crippen LogP contribution in [-0.2, 0) is 63.1 Å². The Morgan fingerprint density at radius 2 is 1.38 bits per heavy atom. The molecule has 0 saturated carbocycles. The molecule has 0 aromatic heterocycles. The van der Waals surface area contributed by atoms with Gasteiger partial charge in [0.05, 0.1) is 67.7 Å². The van der Waals surface area contributed by atoms with Gasteiger partial charge in [-0.15, -0.1) is 18.9 Å². The van der Waals surface area contributed by atoms with Gasteiger partial charge in [0.2, 0.25) is 0 Å². The maximum Gasteiger partial charge on any atom is 1.00 e. The maximum atomic E-state index is 12.7. The first kappa shape index (κ1) is 52.3. The standard InChI is InChI=1S/C26H25N5O16S5.3Na/c27-22-9-8-20-21(24(22)30-28-16-4-6-18(7-5-16)51(37,38)12-10-41-49-46-43-34)15-23(48-45-42-33)25(26(20)32)31-29-17-2-1-3-19(14-17)52(39,40)13-11-50(36)47-44-35;;;/h1-9,14-15,32-35H,10-13,27H2;;;/q;3*+1/p-3. The molecular weight excluding hydrogens is 868 g/mol. The third-order valence-electron chi connectivity index (χ3n) is 6.45. The number of phenolic OH excluding ortho intramolecular Hbond substituents is 1. The molecule has 0 spiro atoms. The van der Waals surface area contributed by atoms with E-state index < -0.39 is 53.8 Å². The Hall–Kier alpha value is -0.710. The third-order valence-corrected chi connectivity index (χ3v) is 11.9. The normalized spacial score (nSPS) is 12.3. The molecule has 0 bridgehead atoms. The summed E-state index contributed by atoms with van der Waals surface area (Å²) >= 11 is -1.77. The van der Waals surface area contributed by atoms with Crippen LogP contribution in [0.15, 0.2) is 102 Å². The SMILES string of the molecule is Nc1ccc2c(O)c(N=Nc3cccc(S(=O)(=O)CCS(=O)OO[O-])c3)c(SOO[O-])cc2c1N=Nc1ccc(S(=O)(=O)CCOSOO[O-])cc1.[Na+].[Na+].[Na+]. The molecule has 3 N–H and O–H groups in total. The van der Waals surface area contributed by atoms with Gasteiger partial charge >= 0.3 is 88.7 Å². The van der Waals surface area contributed by atoms with Crippen LogP contribution in [0.5, 0.6) is 5.75 Å². The molecule has 1 atom stereocenters. The summed E-state index contributed by atoms with van der Waals surface area (Å²) in [5.41, 5.74) is 6.34. The van der Waals surface area contributed by atoms with E-state index in [2.05, 4.69) is 48.6 Å². The number of phenols is 1. The number of nitrogens with zero attached hydrogens (tertiary/aromatic N) is 4. The zero-order valence-corrected chi connectivity index (χ0v) is 38.7. The number of fused-ring (bicyclic) bond motifs is 1. The number of rotatable bonds is 20. The molecule has 0 aliphatic carbocycles. The molecule has 4 aromatic carbocycles. The summed E-state index contributed by atoms with van der Waals surface area (Å²) in [6.07, 6.45) is 0. The van der Waals surface area contributed by atoms with Crippen molar-refractivity contribution in [3.63, 3.8) is 0 Å². The van der Waals surface area contributed by atoms with Gasteiger partial charge in [-0.3, -0.25) is 19.3 Å². The number of anilines is 1. The average Bonchev–Trinajstić information content (AvgIpc) is 3.12. The smallest absolute Gasteiger partial charge is 0.691 e. The van der Waals surface area contributed by atoms with Crippen LogP contribution in [0.2, 0.25) is 0 Å². The summed E-state index contributed by atoms with van der Waals surface area (Å²) in [6, 6.07) is 14.7. The van der Waals surface area contributed by atoms with E-state index >= 15 is 0 Å². The van der Waals surface area contributed by atoms with Gasteiger partial charge in [-0.05, 0) is 60.7 Å². The van der Waals surface area contributed by atoms with E-state index in [9.17, 15) is 41.9 Å². The van der Waals surface area contributed by atoms with Crippen LogP contribution in [-0.4, -0.2) is 50.0 Å². The van der Waals surface area contributed by atoms with Crippen molar-refractivity contribution in [2.24, 2.45) is 20.5 Å². The molecule has 29 heteroatoms. The molecule has 4 rings (SSSR count). The third kappa shape index (κ3) is 15.4. The summed E-state index contributed by atoms with van der Waals surface area (Å²) < 4.78 is 78.9. The van der Waals surface area contributed by atoms with Gasteiger partial charge in [0, 0.05) is 10.8 Å². The van der Waals surface area contributed by atoms with E-state index in [1.54, 1.807) is 0 Å². The summed E-state index contributed by atoms with van der Waals surface area (Å²) in [5.74, 6) is -2.13. The Bertz CT molecular complexity index is 2170. The molecule has 0 saturated heterocycles. The predicted octanol–water partition coefficient (Wildman–Crippen LogP) is -6.56. The number of aromatic hydroxyl groups is 1. The van der Waals surface area contributed by atoms with Gasteiger partial charge in [-0.2, -0.15) is 14.6 Å². The van der Waals surface area contributed by atoms with E-state index in [1.807, 2.05) is 0 Å². The fourth-order valence-corrected chi connectivity index (χ4v) is 8.37. The zero-order valence-electron chi connectivity index (χ0n) is 28.7. The van der Waals surface area contributed by atoms with E-state index in [0.29, 0.717) is 12.0 Å². The second-order valence-corrected chi connectivity index (χ2v) is 16.2. The second kappa shape index (κ2) is 25.7. The minimum atomic E-state index is -4.02. The van der Waals surface area contributed by atoms with E-state index in [0.717, 1.165) is 6.07 Å². The van der Waals surface area contributed by atoms with Crippen LogP contribution in [0.4, 0.5) is 28.4 Å². The number of azo groups is 2. The second-order valence-electron chi connectivity index (χ2n) is 9.59. The van der Waals surface area contributed by atoms with Crippen LogP contribution in [0.25, 0.3) is 10.8 Å². The fraction of sp³-hybridized carbons (Fsp3) is 0.154. The van der Waals surface area contributed by atoms with Crippen molar-refractivity contribution in [2.75, 3.05) is 29.6 Å². The minimum Gasteiger partial charge on any atom is -0.691 e. The molecule has 280 valence electrons. The van der Waals surface area contributed by atoms with Crippen molar-refractivity contribution < 1.29 is 163 Å². The molecule has 0 heterocycles. The van der Waals surface area contributed by atoms with Crippen LogP contribution in [0.1, 0.15) is 0 Å². The number of sulfone groups is 2. The Balaban J connectivity index is 0.00000504. The molecule has 1 unspecified atom stereocenters. The fourth-order valence-electron chi connectivity index (χ4n) is 4.11. The Kier molecular flexibility index (Phi) is 24.4. The van der Waals surface area contributed by atoms with Gasteiger partial charge < -0.3 is 26.6 Å². The quantitative estimate of drug-likeness (QED) is 0.0158. The Labute approximate surface area is 389 Å². The number of nitrogen functional groups attached to an aromatic ring is 1. The summed E-state index contributed by atoms with van der Waals surface area (Å²) in [5, 5.41) is 67.9. The van der Waals surface area contributed by atoms with E-state index in [1.165, 1.54) is 60.7 Å². The van der Waals surface area contributed by atoms with E-state index in [4.69, 9.17) is 9.92 Å². The van der Waals surface area contributed by atoms with Gasteiger partial charge in [0.25, 0.3) is 0 Å². The van der Waals surface area contributed by atoms with Crippen molar-refractivity contribution in [1.82, 2.24) is 0 Å². The number of nitrogens with two attached hydrogens (primary N) is 1. The first-order chi connectivity index (χ1) is 24.9. The Morgan fingerprint density at radius 3 is 2.05 bits per heavy atom. The van der Waals surface area contributed by atoms with Gasteiger partial charge in [-0.25, -0.2) is 21.0 Å². The summed E-state index contributed by atoms with van der Waals surface area (Å²) in [6.45, 7) is -0.304. The number of hydrogen-bond donors (Lipinski definition) is 2. The molecule has 0 amide bonds. The molecular formula is C26H22N5Na3O16S5. The largest absolute Gasteiger partial charge is 1.00 e. The van der Waals surface area contributed by atoms with Crippen molar-refractivity contribution in [1.29, 1.82) is 0 Å². The zero-order chi connectivity index (χ0) is 37.7. The molecule has 0 aliphatic heterocycles. The van der Waals surface area contributed by atoms with Gasteiger partial charge in [0.1, 0.15) is 11.4 Å². The van der Waals surface area contributed by atoms with Crippen LogP contribution in [0.3, 0.4) is 0 Å². The average molecular weight is 890 g/mol. The van der Waals surface area contributed by atoms with E-state index in [-0.39, 0.29) is 161 Å². The van der Waals surface area contributed by atoms with Gasteiger partial charge in [-0.1, -0.05) is 6.07 Å². The molecule has 55 heavy (non-hydrogen) atoms. The molecule has 0 aliphatic rings. The molecule has 0 radical (unpaired) electrons. The van der Waals surface area contributed by atoms with Crippen molar-refractivity contribution in [3.05, 3.63) is 66.7 Å². The maximum absolute atomic E-state index is 12.7. The van der Waals surface area contributed by atoms with Crippen LogP contribution < -0.4 is 110 Å². The Morgan fingerprint density at radius 1 is 0.727 bits per heavy atom. The number of benzene rings is 4. The summed E-state index contributed by atoms with van der Waals surface area (Å²) in [7, 11) is -7.80. The first-order valence-electron chi connectivity index (χ1n) is 13.7. The monoisotopic (exact) mass is 889 g/mol.